The van der Waals surface area contributed by atoms with Gasteiger partial charge in [0.25, 0.3) is 0 Å². The topological polar surface area (TPSA) is 140 Å². The molecule has 3 unspecified atom stereocenters. The Labute approximate surface area is 226 Å². The van der Waals surface area contributed by atoms with E-state index in [9.17, 15) is 17.6 Å². The lowest BCUT2D eigenvalue weighted by Gasteiger charge is -2.34. The smallest absolute Gasteiger partial charge is 0.319 e. The molecule has 2 N–H and O–H groups in total. The molecule has 4 atom stereocenters. The average molecular weight is 559 g/mol. The molecule has 11 nitrogen and oxygen atoms in total. The van der Waals surface area contributed by atoms with Gasteiger partial charge in [-0.3, -0.25) is 0 Å². The molecule has 1 aromatic carbocycles. The number of oxazole rings is 1. The minimum absolute atomic E-state index is 0.0307. The number of carbonyl (C=O) groups is 1. The van der Waals surface area contributed by atoms with Crippen LogP contribution in [0.25, 0.3) is 11.4 Å². The fraction of sp³-hybridized carbons (Fsp3) is 0.462. The Morgan fingerprint density at radius 2 is 1.97 bits per heavy atom. The summed E-state index contributed by atoms with van der Waals surface area (Å²) in [5.74, 6) is 0.918. The quantitative estimate of drug-likeness (QED) is 0.426. The molecule has 2 fully saturated rings. The van der Waals surface area contributed by atoms with Crippen LogP contribution in [0.15, 0.2) is 46.2 Å². The van der Waals surface area contributed by atoms with E-state index in [1.807, 2.05) is 13.0 Å². The predicted molar refractivity (Wildman–Crippen MR) is 142 cm³/mol. The Hall–Kier alpha value is -3.58. The Kier molecular flexibility index (Phi) is 7.54. The number of sulfone groups is 1. The molecule has 0 spiro atoms. The van der Waals surface area contributed by atoms with Gasteiger partial charge in [-0.15, -0.1) is 0 Å². The normalized spacial score (nSPS) is 22.9. The molecular weight excluding hydrogens is 527 g/mol. The van der Waals surface area contributed by atoms with Gasteiger partial charge in [0, 0.05) is 36.3 Å². The summed E-state index contributed by atoms with van der Waals surface area (Å²) in [6, 6.07) is 8.43. The summed E-state index contributed by atoms with van der Waals surface area (Å²) in [5.41, 5.74) is 1.87. The number of anilines is 2. The zero-order chi connectivity index (χ0) is 27.7. The Balaban J connectivity index is 1.48. The van der Waals surface area contributed by atoms with Gasteiger partial charge < -0.3 is 24.7 Å². The van der Waals surface area contributed by atoms with Gasteiger partial charge in [0.1, 0.15) is 18.3 Å². The van der Waals surface area contributed by atoms with Crippen molar-refractivity contribution in [2.24, 2.45) is 5.92 Å². The molecule has 2 aliphatic rings. The largest absolute Gasteiger partial charge is 0.447 e. The van der Waals surface area contributed by atoms with Crippen molar-refractivity contribution in [1.82, 2.24) is 20.3 Å². The molecule has 13 heteroatoms. The number of hydrogen-bond acceptors (Lipinski definition) is 9. The number of nitrogens with one attached hydrogen (secondary N) is 2. The average Bonchev–Trinajstić information content (AvgIpc) is 3.42. The summed E-state index contributed by atoms with van der Waals surface area (Å²) < 4.78 is 49.9. The summed E-state index contributed by atoms with van der Waals surface area (Å²) >= 11 is 0. The first kappa shape index (κ1) is 27.0. The number of urea groups is 1. The first-order chi connectivity index (χ1) is 18.7. The Morgan fingerprint density at radius 3 is 2.64 bits per heavy atom. The number of alkyl halides is 1. The second kappa shape index (κ2) is 10.9. The first-order valence-electron chi connectivity index (χ1n) is 12.8. The van der Waals surface area contributed by atoms with Crippen molar-refractivity contribution in [3.63, 3.8) is 0 Å². The number of rotatable bonds is 8. The third kappa shape index (κ3) is 5.46. The van der Waals surface area contributed by atoms with Crippen LogP contribution in [0.3, 0.4) is 0 Å². The molecule has 5 rings (SSSR count). The highest BCUT2D eigenvalue weighted by molar-refractivity contribution is 7.92. The van der Waals surface area contributed by atoms with E-state index >= 15 is 0 Å². The summed E-state index contributed by atoms with van der Waals surface area (Å²) in [4.78, 5) is 27.6. The predicted octanol–water partition coefficient (Wildman–Crippen LogP) is 3.33. The molecule has 1 saturated heterocycles. The van der Waals surface area contributed by atoms with Gasteiger partial charge >= 0.3 is 6.03 Å². The van der Waals surface area contributed by atoms with E-state index < -0.39 is 27.8 Å². The van der Waals surface area contributed by atoms with Crippen LogP contribution in [-0.4, -0.2) is 73.7 Å². The number of nitrogens with zero attached hydrogens (tertiary/aromatic N) is 4. The lowest BCUT2D eigenvalue weighted by molar-refractivity contribution is 0.0985. The molecule has 3 heterocycles. The summed E-state index contributed by atoms with van der Waals surface area (Å²) in [5, 5.41) is 4.36. The summed E-state index contributed by atoms with van der Waals surface area (Å²) in [7, 11) is -3.72. The number of aryl methyl sites for hydroxylation is 1. The van der Waals surface area contributed by atoms with Crippen molar-refractivity contribution in [2.45, 2.75) is 43.0 Å². The van der Waals surface area contributed by atoms with Crippen LogP contribution in [0.1, 0.15) is 31.2 Å². The maximum Gasteiger partial charge on any atom is 0.319 e. The minimum atomic E-state index is -3.72. The minimum Gasteiger partial charge on any atom is -0.447 e. The molecule has 208 valence electrons. The maximum atomic E-state index is 13.4. The molecule has 39 heavy (non-hydrogen) atoms. The second-order valence-electron chi connectivity index (χ2n) is 9.85. The molecule has 1 aliphatic heterocycles. The Bertz CT molecular complexity index is 1450. The van der Waals surface area contributed by atoms with Gasteiger partial charge in [-0.25, -0.2) is 32.6 Å². The van der Waals surface area contributed by atoms with Crippen LogP contribution in [0.5, 0.6) is 0 Å². The van der Waals surface area contributed by atoms with Gasteiger partial charge in [0.15, 0.2) is 17.2 Å². The molecule has 2 amide bonds. The van der Waals surface area contributed by atoms with Crippen molar-refractivity contribution in [3.05, 3.63) is 48.2 Å². The molecular formula is C26H31FN6O5S. The van der Waals surface area contributed by atoms with Crippen molar-refractivity contribution in [2.75, 3.05) is 43.2 Å². The van der Waals surface area contributed by atoms with Crippen LogP contribution in [0, 0.1) is 12.8 Å². The van der Waals surface area contributed by atoms with E-state index in [1.54, 1.807) is 31.2 Å². The van der Waals surface area contributed by atoms with E-state index in [-0.39, 0.29) is 35.2 Å². The fourth-order valence-corrected chi connectivity index (χ4v) is 7.36. The molecule has 1 saturated carbocycles. The number of morpholine rings is 1. The van der Waals surface area contributed by atoms with E-state index in [0.29, 0.717) is 48.3 Å². The third-order valence-electron chi connectivity index (χ3n) is 7.14. The van der Waals surface area contributed by atoms with Crippen LogP contribution in [0.2, 0.25) is 0 Å². The lowest BCUT2D eigenvalue weighted by atomic mass is 10.1. The number of ether oxygens (including phenoxy) is 1. The highest BCUT2D eigenvalue weighted by Gasteiger charge is 2.58. The number of benzene rings is 1. The van der Waals surface area contributed by atoms with Gasteiger partial charge in [-0.1, -0.05) is 6.92 Å². The zero-order valence-electron chi connectivity index (χ0n) is 21.9. The number of hydrogen-bond donors (Lipinski definition) is 2. The molecule has 1 aliphatic carbocycles. The Morgan fingerprint density at radius 1 is 1.21 bits per heavy atom. The second-order valence-corrected chi connectivity index (χ2v) is 11.9. The van der Waals surface area contributed by atoms with Crippen molar-refractivity contribution in [3.8, 4) is 11.4 Å². The SMILES string of the molecule is Cc1ocnc1S(=O)(=O)C1C(C)C1c1cc(N2CCOC[C@@H]2C)nc(-c2ccc(NC(=O)NCCF)cc2)n1. The van der Waals surface area contributed by atoms with E-state index in [4.69, 9.17) is 19.1 Å². The third-order valence-corrected chi connectivity index (χ3v) is 9.51. The van der Waals surface area contributed by atoms with Crippen molar-refractivity contribution in [1.29, 1.82) is 0 Å². The highest BCUT2D eigenvalue weighted by Crippen LogP contribution is 2.53. The van der Waals surface area contributed by atoms with E-state index in [1.165, 1.54) is 0 Å². The van der Waals surface area contributed by atoms with Crippen LogP contribution in [-0.2, 0) is 14.6 Å². The van der Waals surface area contributed by atoms with Crippen LogP contribution >= 0.6 is 0 Å². The number of halogens is 1. The summed E-state index contributed by atoms with van der Waals surface area (Å²) in [6.45, 7) is 6.59. The molecule has 0 bridgehead atoms. The fourth-order valence-electron chi connectivity index (χ4n) is 5.04. The summed E-state index contributed by atoms with van der Waals surface area (Å²) in [6.07, 6.45) is 1.15. The maximum absolute atomic E-state index is 13.4. The van der Waals surface area contributed by atoms with Crippen LogP contribution < -0.4 is 15.5 Å². The van der Waals surface area contributed by atoms with Gasteiger partial charge in [-0.2, -0.15) is 0 Å². The number of amides is 2. The van der Waals surface area contributed by atoms with Gasteiger partial charge in [0.2, 0.25) is 9.84 Å². The monoisotopic (exact) mass is 558 g/mol. The number of aromatic nitrogens is 3. The lowest BCUT2D eigenvalue weighted by Crippen LogP contribution is -2.44. The van der Waals surface area contributed by atoms with Crippen molar-refractivity contribution < 1.29 is 26.8 Å². The zero-order valence-corrected chi connectivity index (χ0v) is 22.7. The standard InChI is InChI=1S/C26H31FN6O5S/c1-15-13-37-11-10-33(15)21-12-20(22-16(2)23(22)39(35,36)25-17(3)38-14-29-25)31-24(32-21)18-4-6-19(7-5-18)30-26(34)28-9-8-27/h4-7,12,14-16,22-23H,8-11,13H2,1-3H3,(H2,28,30,34)/t15-,16?,22?,23?/m0/s1. The van der Waals surface area contributed by atoms with Gasteiger partial charge in [0.05, 0.1) is 30.2 Å². The molecule has 0 radical (unpaired) electrons. The number of carbonyl (C=O) groups excluding carboxylic acids is 1. The first-order valence-corrected chi connectivity index (χ1v) is 14.3. The molecule has 3 aromatic rings. The molecule has 2 aromatic heterocycles. The van der Waals surface area contributed by atoms with Gasteiger partial charge in [-0.05, 0) is 44.0 Å². The van der Waals surface area contributed by atoms with Crippen LogP contribution in [0.4, 0.5) is 20.7 Å². The van der Waals surface area contributed by atoms with E-state index in [0.717, 1.165) is 6.39 Å². The highest BCUT2D eigenvalue weighted by atomic mass is 32.2. The van der Waals surface area contributed by atoms with E-state index in [2.05, 4.69) is 27.4 Å². The van der Waals surface area contributed by atoms with Crippen molar-refractivity contribution >= 4 is 27.4 Å².